The van der Waals surface area contributed by atoms with Gasteiger partial charge in [0.15, 0.2) is 6.61 Å². The average molecular weight is 334 g/mol. The Bertz CT molecular complexity index is 584. The third-order valence-corrected chi connectivity index (χ3v) is 3.41. The summed E-state index contributed by atoms with van der Waals surface area (Å²) < 4.78 is 4.95. The van der Waals surface area contributed by atoms with Gasteiger partial charge in [-0.2, -0.15) is 0 Å². The van der Waals surface area contributed by atoms with Crippen molar-refractivity contribution >= 4 is 23.5 Å². The van der Waals surface area contributed by atoms with E-state index in [1.165, 1.54) is 4.90 Å². The fraction of sp³-hybridized carbons (Fsp3) is 0.500. The molecule has 0 aliphatic carbocycles. The first kappa shape index (κ1) is 19.7. The van der Waals surface area contributed by atoms with E-state index in [4.69, 9.17) is 4.74 Å². The quantitative estimate of drug-likeness (QED) is 0.741. The predicted molar refractivity (Wildman–Crippen MR) is 92.5 cm³/mol. The molecule has 0 unspecified atom stereocenters. The molecule has 0 saturated heterocycles. The van der Waals surface area contributed by atoms with Gasteiger partial charge in [-0.25, -0.2) is 0 Å². The minimum Gasteiger partial charge on any atom is -0.455 e. The molecule has 6 nitrogen and oxygen atoms in total. The monoisotopic (exact) mass is 334 g/mol. The van der Waals surface area contributed by atoms with Gasteiger partial charge in [0, 0.05) is 12.2 Å². The molecule has 0 aliphatic heterocycles. The molecule has 6 heteroatoms. The highest BCUT2D eigenvalue weighted by molar-refractivity contribution is 5.95. The molecule has 1 aromatic rings. The summed E-state index contributed by atoms with van der Waals surface area (Å²) in [5, 5.41) is 2.80. The Kier molecular flexibility index (Phi) is 7.95. The number of rotatable bonds is 8. The summed E-state index contributed by atoms with van der Waals surface area (Å²) in [7, 11) is 0. The van der Waals surface area contributed by atoms with Crippen molar-refractivity contribution in [3.63, 3.8) is 0 Å². The van der Waals surface area contributed by atoms with Crippen LogP contribution in [0.25, 0.3) is 0 Å². The van der Waals surface area contributed by atoms with Crippen LogP contribution in [0.2, 0.25) is 0 Å². The third-order valence-electron chi connectivity index (χ3n) is 3.41. The molecule has 2 amide bonds. The highest BCUT2D eigenvalue weighted by Gasteiger charge is 2.19. The van der Waals surface area contributed by atoms with Gasteiger partial charge in [0.2, 0.25) is 5.91 Å². The van der Waals surface area contributed by atoms with Crippen LogP contribution >= 0.6 is 0 Å². The maximum Gasteiger partial charge on any atom is 0.308 e. The number of anilines is 1. The molecule has 0 saturated carbocycles. The van der Waals surface area contributed by atoms with Crippen molar-refractivity contribution in [2.75, 3.05) is 25.0 Å². The second-order valence-electron chi connectivity index (χ2n) is 5.94. The molecule has 0 heterocycles. The summed E-state index contributed by atoms with van der Waals surface area (Å²) in [6.07, 6.45) is 0.710. The van der Waals surface area contributed by atoms with Gasteiger partial charge in [-0.1, -0.05) is 39.0 Å². The van der Waals surface area contributed by atoms with E-state index in [1.807, 2.05) is 38.1 Å². The van der Waals surface area contributed by atoms with Crippen LogP contribution < -0.4 is 5.32 Å². The first-order valence-electron chi connectivity index (χ1n) is 8.15. The maximum atomic E-state index is 12.2. The SMILES string of the molecule is CCCN(CC(=O)Nc1ccccc1C)C(=O)COC(=O)C(C)C. The van der Waals surface area contributed by atoms with Crippen LogP contribution in [0.4, 0.5) is 5.69 Å². The van der Waals surface area contributed by atoms with Gasteiger partial charge < -0.3 is 15.0 Å². The Labute approximate surface area is 143 Å². The van der Waals surface area contributed by atoms with Crippen molar-refractivity contribution in [3.05, 3.63) is 29.8 Å². The fourth-order valence-electron chi connectivity index (χ4n) is 2.03. The van der Waals surface area contributed by atoms with Gasteiger partial charge in [-0.05, 0) is 25.0 Å². The van der Waals surface area contributed by atoms with E-state index in [1.54, 1.807) is 13.8 Å². The molecule has 1 aromatic carbocycles. The number of nitrogens with one attached hydrogen (secondary N) is 1. The second-order valence-corrected chi connectivity index (χ2v) is 5.94. The Morgan fingerprint density at radius 2 is 1.88 bits per heavy atom. The lowest BCUT2D eigenvalue weighted by Crippen LogP contribution is -2.41. The number of nitrogens with zero attached hydrogens (tertiary/aromatic N) is 1. The van der Waals surface area contributed by atoms with Crippen LogP contribution in [0.3, 0.4) is 0 Å². The second kappa shape index (κ2) is 9.70. The van der Waals surface area contributed by atoms with Crippen molar-refractivity contribution in [2.45, 2.75) is 34.1 Å². The van der Waals surface area contributed by atoms with Gasteiger partial charge >= 0.3 is 5.97 Å². The number of esters is 1. The summed E-state index contributed by atoms with van der Waals surface area (Å²) in [6.45, 7) is 7.24. The minimum atomic E-state index is -0.427. The zero-order chi connectivity index (χ0) is 18.1. The van der Waals surface area contributed by atoms with Gasteiger partial charge in [0.05, 0.1) is 12.5 Å². The van der Waals surface area contributed by atoms with E-state index >= 15 is 0 Å². The lowest BCUT2D eigenvalue weighted by molar-refractivity contribution is -0.154. The van der Waals surface area contributed by atoms with Crippen LogP contribution in [-0.2, 0) is 19.1 Å². The number of carbonyl (C=O) groups is 3. The maximum absolute atomic E-state index is 12.2. The molecule has 0 fully saturated rings. The molecule has 0 bridgehead atoms. The lowest BCUT2D eigenvalue weighted by atomic mass is 10.2. The van der Waals surface area contributed by atoms with Crippen LogP contribution in [0.15, 0.2) is 24.3 Å². The highest BCUT2D eigenvalue weighted by atomic mass is 16.5. The van der Waals surface area contributed by atoms with E-state index < -0.39 is 5.97 Å². The van der Waals surface area contributed by atoms with Crippen LogP contribution in [0, 0.1) is 12.8 Å². The van der Waals surface area contributed by atoms with Crippen LogP contribution in [0.1, 0.15) is 32.8 Å². The lowest BCUT2D eigenvalue weighted by Gasteiger charge is -2.22. The largest absolute Gasteiger partial charge is 0.455 e. The summed E-state index contributed by atoms with van der Waals surface area (Å²) in [6, 6.07) is 7.43. The van der Waals surface area contributed by atoms with Crippen molar-refractivity contribution in [3.8, 4) is 0 Å². The van der Waals surface area contributed by atoms with Crippen LogP contribution in [0.5, 0.6) is 0 Å². The molecule has 0 spiro atoms. The Hall–Kier alpha value is -2.37. The highest BCUT2D eigenvalue weighted by Crippen LogP contribution is 2.13. The van der Waals surface area contributed by atoms with E-state index in [0.717, 1.165) is 11.3 Å². The average Bonchev–Trinajstić information content (AvgIpc) is 2.53. The Morgan fingerprint density at radius 3 is 2.46 bits per heavy atom. The third kappa shape index (κ3) is 6.40. The molecule has 1 rings (SSSR count). The number of benzene rings is 1. The number of hydrogen-bond donors (Lipinski definition) is 1. The zero-order valence-corrected chi connectivity index (χ0v) is 14.8. The van der Waals surface area contributed by atoms with E-state index in [9.17, 15) is 14.4 Å². The first-order valence-corrected chi connectivity index (χ1v) is 8.15. The van der Waals surface area contributed by atoms with E-state index in [0.29, 0.717) is 13.0 Å². The Balaban J connectivity index is 2.61. The number of carbonyl (C=O) groups excluding carboxylic acids is 3. The molecule has 0 radical (unpaired) electrons. The number of hydrogen-bond acceptors (Lipinski definition) is 4. The molecular formula is C18H26N2O4. The summed E-state index contributed by atoms with van der Waals surface area (Å²) >= 11 is 0. The predicted octanol–water partition coefficient (Wildman–Crippen LogP) is 2.37. The number of aryl methyl sites for hydroxylation is 1. The van der Waals surface area contributed by atoms with Crippen molar-refractivity contribution in [1.82, 2.24) is 4.90 Å². The molecule has 1 N–H and O–H groups in total. The molecule has 0 aliphatic rings. The minimum absolute atomic E-state index is 0.0692. The van der Waals surface area contributed by atoms with Gasteiger partial charge in [0.1, 0.15) is 0 Å². The zero-order valence-electron chi connectivity index (χ0n) is 14.8. The summed E-state index contributed by atoms with van der Waals surface area (Å²) in [4.78, 5) is 37.2. The van der Waals surface area contributed by atoms with Crippen molar-refractivity contribution in [1.29, 1.82) is 0 Å². The van der Waals surface area contributed by atoms with E-state index in [2.05, 4.69) is 5.32 Å². The normalized spacial score (nSPS) is 10.4. The van der Waals surface area contributed by atoms with Crippen molar-refractivity contribution in [2.24, 2.45) is 5.92 Å². The Morgan fingerprint density at radius 1 is 1.21 bits per heavy atom. The van der Waals surface area contributed by atoms with E-state index in [-0.39, 0.29) is 30.9 Å². The smallest absolute Gasteiger partial charge is 0.308 e. The first-order chi connectivity index (χ1) is 11.3. The molecular weight excluding hydrogens is 308 g/mol. The number of ether oxygens (including phenoxy) is 1. The molecule has 0 aromatic heterocycles. The van der Waals surface area contributed by atoms with Gasteiger partial charge in [-0.15, -0.1) is 0 Å². The van der Waals surface area contributed by atoms with Gasteiger partial charge in [-0.3, -0.25) is 14.4 Å². The molecule has 132 valence electrons. The number of para-hydroxylation sites is 1. The standard InChI is InChI=1S/C18H26N2O4/c1-5-10-20(17(22)12-24-18(23)13(2)3)11-16(21)19-15-9-7-6-8-14(15)4/h6-9,13H,5,10-12H2,1-4H3,(H,19,21). The summed E-state index contributed by atoms with van der Waals surface area (Å²) in [5.41, 5.74) is 1.67. The topological polar surface area (TPSA) is 75.7 Å². The summed E-state index contributed by atoms with van der Waals surface area (Å²) in [5.74, 6) is -1.36. The molecule has 0 atom stereocenters. The molecule has 24 heavy (non-hydrogen) atoms. The van der Waals surface area contributed by atoms with Gasteiger partial charge in [0.25, 0.3) is 5.91 Å². The fourth-order valence-corrected chi connectivity index (χ4v) is 2.03. The number of amides is 2. The van der Waals surface area contributed by atoms with Crippen LogP contribution in [-0.4, -0.2) is 42.4 Å². The van der Waals surface area contributed by atoms with Crippen molar-refractivity contribution < 1.29 is 19.1 Å².